The minimum atomic E-state index is -1.63. The molecule has 0 saturated heterocycles. The Balaban J connectivity index is 3.05. The van der Waals surface area contributed by atoms with Crippen molar-refractivity contribution < 1.29 is 28.9 Å². The number of benzene rings is 1. The smallest absolute Gasteiger partial charge is 0.361 e. The molecule has 2 aromatic rings. The van der Waals surface area contributed by atoms with Gasteiger partial charge in [-0.15, -0.1) is 0 Å². The van der Waals surface area contributed by atoms with E-state index in [9.17, 15) is 29.8 Å². The molecule has 0 amide bonds. The average molecular weight is 310 g/mol. The fourth-order valence-corrected chi connectivity index (χ4v) is 1.87. The summed E-state index contributed by atoms with van der Waals surface area (Å²) < 4.78 is 9.31. The molecule has 0 aliphatic heterocycles. The SMILES string of the molecule is COc1c([N+](=O)[O-])cc2cc(C(=O)O)c(=O)oc2c1[N+](=O)[O-]. The number of rotatable bonds is 4. The highest BCUT2D eigenvalue weighted by Gasteiger charge is 2.32. The largest absolute Gasteiger partial charge is 0.485 e. The summed E-state index contributed by atoms with van der Waals surface area (Å²) in [6.45, 7) is 0. The van der Waals surface area contributed by atoms with Crippen LogP contribution in [0.3, 0.4) is 0 Å². The average Bonchev–Trinajstić information content (AvgIpc) is 2.43. The van der Waals surface area contributed by atoms with E-state index in [1.165, 1.54) is 0 Å². The predicted octanol–water partition coefficient (Wildman–Crippen LogP) is 1.32. The first kappa shape index (κ1) is 14.9. The minimum absolute atomic E-state index is 0.281. The Bertz CT molecular complexity index is 883. The molecule has 0 radical (unpaired) electrons. The second kappa shape index (κ2) is 5.12. The fraction of sp³-hybridized carbons (Fsp3) is 0.0909. The van der Waals surface area contributed by atoms with E-state index < -0.39 is 49.7 Å². The van der Waals surface area contributed by atoms with Crippen LogP contribution in [-0.4, -0.2) is 28.0 Å². The number of fused-ring (bicyclic) bond motifs is 1. The van der Waals surface area contributed by atoms with Gasteiger partial charge in [0, 0.05) is 11.5 Å². The van der Waals surface area contributed by atoms with Gasteiger partial charge in [-0.2, -0.15) is 0 Å². The summed E-state index contributed by atoms with van der Waals surface area (Å²) >= 11 is 0. The number of hydrogen-bond acceptors (Lipinski definition) is 8. The van der Waals surface area contributed by atoms with Crippen molar-refractivity contribution in [2.45, 2.75) is 0 Å². The topological polar surface area (TPSA) is 163 Å². The number of carboxylic acid groups (broad SMARTS) is 1. The summed E-state index contributed by atoms with van der Waals surface area (Å²) in [6.07, 6.45) is 0. The van der Waals surface area contributed by atoms with Gasteiger partial charge in [-0.1, -0.05) is 0 Å². The molecule has 22 heavy (non-hydrogen) atoms. The first-order valence-electron chi connectivity index (χ1n) is 5.48. The van der Waals surface area contributed by atoms with Crippen LogP contribution in [0.15, 0.2) is 21.3 Å². The van der Waals surface area contributed by atoms with E-state index in [1.54, 1.807) is 0 Å². The Kier molecular flexibility index (Phi) is 3.47. The molecule has 0 spiro atoms. The number of nitro groups is 2. The van der Waals surface area contributed by atoms with Crippen molar-refractivity contribution >= 4 is 28.3 Å². The number of nitro benzene ring substituents is 2. The molecule has 11 heteroatoms. The molecule has 1 aromatic carbocycles. The second-order valence-electron chi connectivity index (χ2n) is 3.96. The van der Waals surface area contributed by atoms with Crippen LogP contribution >= 0.6 is 0 Å². The van der Waals surface area contributed by atoms with Gasteiger partial charge in [0.15, 0.2) is 0 Å². The zero-order valence-electron chi connectivity index (χ0n) is 10.8. The van der Waals surface area contributed by atoms with Crippen molar-refractivity contribution in [3.8, 4) is 5.75 Å². The summed E-state index contributed by atoms with van der Waals surface area (Å²) in [5, 5.41) is 30.7. The molecule has 0 aliphatic rings. The van der Waals surface area contributed by atoms with Gasteiger partial charge in [0.25, 0.3) is 5.75 Å². The van der Waals surface area contributed by atoms with Gasteiger partial charge in [0.2, 0.25) is 5.58 Å². The molecule has 0 bridgehead atoms. The minimum Gasteiger partial charge on any atom is -0.485 e. The Morgan fingerprint density at radius 3 is 2.36 bits per heavy atom. The van der Waals surface area contributed by atoms with Gasteiger partial charge in [-0.25, -0.2) is 9.59 Å². The van der Waals surface area contributed by atoms with Gasteiger partial charge in [-0.3, -0.25) is 20.2 Å². The molecular weight excluding hydrogens is 304 g/mol. The highest BCUT2D eigenvalue weighted by Crippen LogP contribution is 2.42. The van der Waals surface area contributed by atoms with Gasteiger partial charge < -0.3 is 14.3 Å². The molecule has 0 atom stereocenters. The van der Waals surface area contributed by atoms with E-state index in [0.717, 1.165) is 19.2 Å². The standard InChI is InChI=1S/C11H6N2O9/c1-21-9-6(12(17)18)3-4-2-5(10(14)15)11(16)22-8(4)7(9)13(19)20/h2-3H,1H3,(H,14,15). The number of carbonyl (C=O) groups is 1. The highest BCUT2D eigenvalue weighted by molar-refractivity contribution is 5.97. The maximum Gasteiger partial charge on any atom is 0.361 e. The van der Waals surface area contributed by atoms with Crippen LogP contribution in [0, 0.1) is 20.2 Å². The third-order valence-electron chi connectivity index (χ3n) is 2.75. The van der Waals surface area contributed by atoms with Crippen molar-refractivity contribution in [1.82, 2.24) is 0 Å². The van der Waals surface area contributed by atoms with E-state index in [1.807, 2.05) is 0 Å². The number of methoxy groups -OCH3 is 1. The molecule has 2 rings (SSSR count). The van der Waals surface area contributed by atoms with Crippen molar-refractivity contribution in [3.05, 3.63) is 48.3 Å². The van der Waals surface area contributed by atoms with Crippen LogP contribution in [0.2, 0.25) is 0 Å². The van der Waals surface area contributed by atoms with Crippen LogP contribution in [-0.2, 0) is 0 Å². The van der Waals surface area contributed by atoms with E-state index in [2.05, 4.69) is 9.15 Å². The third kappa shape index (κ3) is 2.19. The molecule has 0 unspecified atom stereocenters. The molecule has 1 heterocycles. The zero-order chi connectivity index (χ0) is 16.6. The monoisotopic (exact) mass is 310 g/mol. The van der Waals surface area contributed by atoms with E-state index in [0.29, 0.717) is 0 Å². The maximum absolute atomic E-state index is 11.5. The van der Waals surface area contributed by atoms with Gasteiger partial charge in [0.05, 0.1) is 17.0 Å². The molecule has 1 N–H and O–H groups in total. The lowest BCUT2D eigenvalue weighted by molar-refractivity contribution is -0.395. The Morgan fingerprint density at radius 2 is 1.91 bits per heavy atom. The molecule has 1 aromatic heterocycles. The lowest BCUT2D eigenvalue weighted by Crippen LogP contribution is -2.13. The number of carboxylic acids is 1. The van der Waals surface area contributed by atoms with Crippen LogP contribution < -0.4 is 10.4 Å². The van der Waals surface area contributed by atoms with Crippen molar-refractivity contribution in [1.29, 1.82) is 0 Å². The normalized spacial score (nSPS) is 10.4. The second-order valence-corrected chi connectivity index (χ2v) is 3.96. The van der Waals surface area contributed by atoms with E-state index in [4.69, 9.17) is 5.11 Å². The van der Waals surface area contributed by atoms with Gasteiger partial charge in [-0.05, 0) is 6.07 Å². The van der Waals surface area contributed by atoms with Crippen LogP contribution in [0.4, 0.5) is 11.4 Å². The fourth-order valence-electron chi connectivity index (χ4n) is 1.87. The molecule has 0 aliphatic carbocycles. The number of nitrogens with zero attached hydrogens (tertiary/aromatic N) is 2. The number of ether oxygens (including phenoxy) is 1. The lowest BCUT2D eigenvalue weighted by Gasteiger charge is -2.05. The van der Waals surface area contributed by atoms with Crippen LogP contribution in [0.5, 0.6) is 5.75 Å². The quantitative estimate of drug-likeness (QED) is 0.498. The summed E-state index contributed by atoms with van der Waals surface area (Å²) in [6, 6.07) is 1.60. The van der Waals surface area contributed by atoms with Crippen LogP contribution in [0.1, 0.15) is 10.4 Å². The van der Waals surface area contributed by atoms with Crippen molar-refractivity contribution in [2.75, 3.05) is 7.11 Å². The van der Waals surface area contributed by atoms with Crippen molar-refractivity contribution in [3.63, 3.8) is 0 Å². The van der Waals surface area contributed by atoms with Gasteiger partial charge >= 0.3 is 23.0 Å². The Hall–Kier alpha value is -3.50. The lowest BCUT2D eigenvalue weighted by atomic mass is 10.1. The van der Waals surface area contributed by atoms with Crippen LogP contribution in [0.25, 0.3) is 11.0 Å². The maximum atomic E-state index is 11.5. The Labute approximate surface area is 119 Å². The Morgan fingerprint density at radius 1 is 1.27 bits per heavy atom. The molecule has 114 valence electrons. The molecular formula is C11H6N2O9. The summed E-state index contributed by atoms with van der Waals surface area (Å²) in [7, 11) is 0.977. The molecule has 11 nitrogen and oxygen atoms in total. The number of aromatic carboxylic acids is 1. The number of hydrogen-bond donors (Lipinski definition) is 1. The predicted molar refractivity (Wildman–Crippen MR) is 69.3 cm³/mol. The van der Waals surface area contributed by atoms with E-state index in [-0.39, 0.29) is 5.39 Å². The third-order valence-corrected chi connectivity index (χ3v) is 2.75. The van der Waals surface area contributed by atoms with E-state index >= 15 is 0 Å². The molecule has 0 saturated carbocycles. The summed E-state index contributed by atoms with van der Waals surface area (Å²) in [5.41, 5.74) is -4.42. The van der Waals surface area contributed by atoms with Crippen molar-refractivity contribution in [2.24, 2.45) is 0 Å². The molecule has 0 fully saturated rings. The highest BCUT2D eigenvalue weighted by atomic mass is 16.6. The summed E-state index contributed by atoms with van der Waals surface area (Å²) in [4.78, 5) is 42.6. The van der Waals surface area contributed by atoms with Gasteiger partial charge in [0.1, 0.15) is 5.56 Å². The first-order chi connectivity index (χ1) is 10.3. The zero-order valence-corrected chi connectivity index (χ0v) is 10.8. The summed E-state index contributed by atoms with van der Waals surface area (Å²) in [5.74, 6) is -2.33. The first-order valence-corrected chi connectivity index (χ1v) is 5.48.